The fourth-order valence-electron chi connectivity index (χ4n) is 2.37. The Morgan fingerprint density at radius 1 is 1.47 bits per heavy atom. The number of carbonyl (C=O) groups is 1. The Morgan fingerprint density at radius 2 is 2.26 bits per heavy atom. The van der Waals surface area contributed by atoms with E-state index in [2.05, 4.69) is 27.8 Å². The number of ketones is 1. The van der Waals surface area contributed by atoms with Crippen LogP contribution in [0.4, 0.5) is 0 Å². The molecule has 1 saturated heterocycles. The van der Waals surface area contributed by atoms with Crippen molar-refractivity contribution >= 4 is 21.7 Å². The molecule has 0 bridgehead atoms. The van der Waals surface area contributed by atoms with Crippen molar-refractivity contribution in [1.29, 1.82) is 0 Å². The Hall–Kier alpha value is -0.710. The van der Waals surface area contributed by atoms with E-state index in [1.807, 2.05) is 24.3 Å². The molecule has 1 heterocycles. The summed E-state index contributed by atoms with van der Waals surface area (Å²) in [7, 11) is 0. The van der Waals surface area contributed by atoms with Crippen LogP contribution in [-0.4, -0.2) is 43.0 Å². The lowest BCUT2D eigenvalue weighted by Gasteiger charge is -2.21. The summed E-state index contributed by atoms with van der Waals surface area (Å²) in [5, 5.41) is 0. The molecule has 1 unspecified atom stereocenters. The number of ether oxygens (including phenoxy) is 1. The molecule has 104 valence electrons. The second-order valence-corrected chi connectivity index (χ2v) is 5.84. The number of nitrogens with zero attached hydrogens (tertiary/aromatic N) is 1. The summed E-state index contributed by atoms with van der Waals surface area (Å²) in [4.78, 5) is 14.5. The van der Waals surface area contributed by atoms with Gasteiger partial charge in [0.05, 0.1) is 6.10 Å². The van der Waals surface area contributed by atoms with Crippen molar-refractivity contribution < 1.29 is 9.53 Å². The second-order valence-electron chi connectivity index (χ2n) is 4.99. The van der Waals surface area contributed by atoms with Gasteiger partial charge in [-0.15, -0.1) is 0 Å². The molecule has 4 heteroatoms. The van der Waals surface area contributed by atoms with Crippen LogP contribution in [0.2, 0.25) is 0 Å². The van der Waals surface area contributed by atoms with Crippen LogP contribution >= 0.6 is 15.9 Å². The number of carbonyl (C=O) groups excluding carboxylic acids is 1. The van der Waals surface area contributed by atoms with E-state index >= 15 is 0 Å². The largest absolute Gasteiger partial charge is 0.377 e. The van der Waals surface area contributed by atoms with Crippen LogP contribution in [0.1, 0.15) is 30.1 Å². The van der Waals surface area contributed by atoms with Crippen molar-refractivity contribution in [3.05, 3.63) is 34.3 Å². The summed E-state index contributed by atoms with van der Waals surface area (Å²) in [6.45, 7) is 5.68. The van der Waals surface area contributed by atoms with Crippen LogP contribution in [0, 0.1) is 0 Å². The highest BCUT2D eigenvalue weighted by Crippen LogP contribution is 2.18. The number of hydrogen-bond acceptors (Lipinski definition) is 3. The third-order valence-corrected chi connectivity index (χ3v) is 4.06. The van der Waals surface area contributed by atoms with E-state index in [9.17, 15) is 4.79 Å². The first-order chi connectivity index (χ1) is 9.16. The van der Waals surface area contributed by atoms with E-state index < -0.39 is 0 Å². The Labute approximate surface area is 123 Å². The first-order valence-corrected chi connectivity index (χ1v) is 7.58. The van der Waals surface area contributed by atoms with Gasteiger partial charge in [0.2, 0.25) is 0 Å². The average molecular weight is 326 g/mol. The number of benzene rings is 1. The molecule has 2 rings (SSSR count). The standard InChI is InChI=1S/C15H20BrNO2/c1-12-11-17(8-4-10-19-12)9-7-15(18)13-5-2-3-6-14(13)16/h2-3,5-6,12H,4,7-11H2,1H3. The predicted octanol–water partition coefficient (Wildman–Crippen LogP) is 3.13. The third-order valence-electron chi connectivity index (χ3n) is 3.37. The highest BCUT2D eigenvalue weighted by atomic mass is 79.9. The molecule has 3 nitrogen and oxygen atoms in total. The SMILES string of the molecule is CC1CN(CCC(=O)c2ccccc2Br)CCCO1. The van der Waals surface area contributed by atoms with Crippen molar-refractivity contribution in [3.8, 4) is 0 Å². The van der Waals surface area contributed by atoms with E-state index in [1.54, 1.807) is 0 Å². The molecule has 0 radical (unpaired) electrons. The Bertz CT molecular complexity index is 436. The molecule has 1 aromatic rings. The maximum Gasteiger partial charge on any atom is 0.165 e. The van der Waals surface area contributed by atoms with Crippen molar-refractivity contribution in [2.24, 2.45) is 0 Å². The molecule has 0 aromatic heterocycles. The van der Waals surface area contributed by atoms with Gasteiger partial charge in [0, 0.05) is 42.7 Å². The van der Waals surface area contributed by atoms with E-state index in [1.165, 1.54) is 0 Å². The summed E-state index contributed by atoms with van der Waals surface area (Å²) in [6.07, 6.45) is 1.88. The monoisotopic (exact) mass is 325 g/mol. The van der Waals surface area contributed by atoms with Gasteiger partial charge in [-0.2, -0.15) is 0 Å². The number of Topliss-reactive ketones (excluding diaryl/α,β-unsaturated/α-hetero) is 1. The summed E-state index contributed by atoms with van der Waals surface area (Å²) < 4.78 is 6.49. The van der Waals surface area contributed by atoms with E-state index in [-0.39, 0.29) is 11.9 Å². The van der Waals surface area contributed by atoms with Gasteiger partial charge in [-0.1, -0.05) is 34.1 Å². The smallest absolute Gasteiger partial charge is 0.165 e. The minimum atomic E-state index is 0.199. The molecule has 1 aliphatic rings. The first-order valence-electron chi connectivity index (χ1n) is 6.78. The molecule has 19 heavy (non-hydrogen) atoms. The highest BCUT2D eigenvalue weighted by Gasteiger charge is 2.16. The first kappa shape index (κ1) is 14.7. The average Bonchev–Trinajstić information content (AvgIpc) is 2.61. The van der Waals surface area contributed by atoms with E-state index in [0.717, 1.165) is 42.7 Å². The lowest BCUT2D eigenvalue weighted by molar-refractivity contribution is 0.0668. The van der Waals surface area contributed by atoms with Crippen molar-refractivity contribution in [1.82, 2.24) is 4.90 Å². The number of rotatable bonds is 4. The van der Waals surface area contributed by atoms with Crippen molar-refractivity contribution in [2.45, 2.75) is 25.9 Å². The van der Waals surface area contributed by atoms with Crippen LogP contribution in [0.15, 0.2) is 28.7 Å². The van der Waals surface area contributed by atoms with Gasteiger partial charge in [-0.05, 0) is 19.4 Å². The zero-order valence-electron chi connectivity index (χ0n) is 11.3. The lowest BCUT2D eigenvalue weighted by atomic mass is 10.1. The molecule has 0 amide bonds. The van der Waals surface area contributed by atoms with Gasteiger partial charge in [-0.25, -0.2) is 0 Å². The van der Waals surface area contributed by atoms with Crippen molar-refractivity contribution in [2.75, 3.05) is 26.2 Å². The Morgan fingerprint density at radius 3 is 3.05 bits per heavy atom. The molecule has 0 saturated carbocycles. The van der Waals surface area contributed by atoms with Gasteiger partial charge in [-0.3, -0.25) is 4.79 Å². The van der Waals surface area contributed by atoms with Gasteiger partial charge in [0.1, 0.15) is 0 Å². The fourth-order valence-corrected chi connectivity index (χ4v) is 2.87. The van der Waals surface area contributed by atoms with Crippen LogP contribution in [0.25, 0.3) is 0 Å². The quantitative estimate of drug-likeness (QED) is 0.796. The third kappa shape index (κ3) is 4.41. The summed E-state index contributed by atoms with van der Waals surface area (Å²) >= 11 is 3.43. The molecule has 0 N–H and O–H groups in total. The van der Waals surface area contributed by atoms with E-state index in [4.69, 9.17) is 4.74 Å². The van der Waals surface area contributed by atoms with Gasteiger partial charge < -0.3 is 9.64 Å². The van der Waals surface area contributed by atoms with Crippen molar-refractivity contribution in [3.63, 3.8) is 0 Å². The Kier molecular flexibility index (Phi) is 5.55. The predicted molar refractivity (Wildman–Crippen MR) is 79.6 cm³/mol. The number of hydrogen-bond donors (Lipinski definition) is 0. The van der Waals surface area contributed by atoms with Gasteiger partial charge in [0.25, 0.3) is 0 Å². The molecule has 0 spiro atoms. The van der Waals surface area contributed by atoms with E-state index in [0.29, 0.717) is 6.42 Å². The minimum Gasteiger partial charge on any atom is -0.377 e. The Balaban J connectivity index is 1.88. The maximum atomic E-state index is 12.2. The fraction of sp³-hybridized carbons (Fsp3) is 0.533. The van der Waals surface area contributed by atoms with Crippen LogP contribution in [0.5, 0.6) is 0 Å². The zero-order valence-corrected chi connectivity index (χ0v) is 12.9. The topological polar surface area (TPSA) is 29.5 Å². The highest BCUT2D eigenvalue weighted by molar-refractivity contribution is 9.10. The van der Waals surface area contributed by atoms with Gasteiger partial charge >= 0.3 is 0 Å². The molecular formula is C15H20BrNO2. The van der Waals surface area contributed by atoms with Crippen LogP contribution in [0.3, 0.4) is 0 Å². The summed E-state index contributed by atoms with van der Waals surface area (Å²) in [5.41, 5.74) is 0.779. The molecular weight excluding hydrogens is 306 g/mol. The minimum absolute atomic E-state index is 0.199. The normalized spacial score (nSPS) is 21.1. The molecule has 1 aliphatic heterocycles. The van der Waals surface area contributed by atoms with Gasteiger partial charge in [0.15, 0.2) is 5.78 Å². The molecule has 1 aromatic carbocycles. The molecule has 0 aliphatic carbocycles. The molecule has 1 fully saturated rings. The summed E-state index contributed by atoms with van der Waals surface area (Å²) in [6, 6.07) is 7.62. The summed E-state index contributed by atoms with van der Waals surface area (Å²) in [5.74, 6) is 0.199. The second kappa shape index (κ2) is 7.17. The maximum absolute atomic E-state index is 12.2. The lowest BCUT2D eigenvalue weighted by Crippen LogP contribution is -2.32. The van der Waals surface area contributed by atoms with Crippen LogP contribution < -0.4 is 0 Å². The molecule has 1 atom stereocenters. The zero-order chi connectivity index (χ0) is 13.7. The van der Waals surface area contributed by atoms with Crippen LogP contribution in [-0.2, 0) is 4.74 Å². The number of halogens is 1.